The molecule has 6 heteroatoms. The third kappa shape index (κ3) is 3.64. The van der Waals surface area contributed by atoms with E-state index in [1.165, 1.54) is 0 Å². The summed E-state index contributed by atoms with van der Waals surface area (Å²) in [5.74, 6) is 0. The Balaban J connectivity index is 1.81. The van der Waals surface area contributed by atoms with Crippen LogP contribution in [0.4, 0.5) is 34.1 Å². The van der Waals surface area contributed by atoms with Crippen molar-refractivity contribution >= 4 is 97.8 Å². The molecule has 1 aliphatic heterocycles. The summed E-state index contributed by atoms with van der Waals surface area (Å²) in [5.41, 5.74) is 6.69. The van der Waals surface area contributed by atoms with Gasteiger partial charge in [0, 0.05) is 29.3 Å². The highest BCUT2D eigenvalue weighted by Gasteiger charge is 2.30. The molecule has 0 N–H and O–H groups in total. The van der Waals surface area contributed by atoms with Crippen molar-refractivity contribution in [2.24, 2.45) is 0 Å². The molecule has 5 rings (SSSR count). The smallest absolute Gasteiger partial charge is 0.0714 e. The Labute approximate surface area is 209 Å². The monoisotopic (exact) mass is 646 g/mol. The predicted molar refractivity (Wildman–Crippen MR) is 140 cm³/mol. The van der Waals surface area contributed by atoms with E-state index in [-0.39, 0.29) is 0 Å². The predicted octanol–water partition coefficient (Wildman–Crippen LogP) is 9.99. The Morgan fingerprint density at radius 3 is 1.07 bits per heavy atom. The Morgan fingerprint density at radius 1 is 0.367 bits per heavy atom. The van der Waals surface area contributed by atoms with E-state index in [9.17, 15) is 0 Å². The maximum Gasteiger partial charge on any atom is 0.0714 e. The molecule has 0 saturated heterocycles. The summed E-state index contributed by atoms with van der Waals surface area (Å²) in [4.78, 5) is 4.62. The van der Waals surface area contributed by atoms with Gasteiger partial charge in [-0.1, -0.05) is 63.7 Å². The number of nitrogens with zero attached hydrogens (tertiary/aromatic N) is 2. The summed E-state index contributed by atoms with van der Waals surface area (Å²) in [6.07, 6.45) is 0. The Morgan fingerprint density at radius 2 is 0.700 bits per heavy atom. The van der Waals surface area contributed by atoms with Gasteiger partial charge in [-0.2, -0.15) is 0 Å². The van der Waals surface area contributed by atoms with Gasteiger partial charge in [-0.25, -0.2) is 0 Å². The zero-order valence-electron chi connectivity index (χ0n) is 15.5. The third-order valence-electron chi connectivity index (χ3n) is 5.01. The molecule has 0 bridgehead atoms. The van der Waals surface area contributed by atoms with Gasteiger partial charge in [-0.05, 0) is 84.9 Å². The van der Waals surface area contributed by atoms with Crippen LogP contribution in [0, 0.1) is 0 Å². The first-order chi connectivity index (χ1) is 14.5. The van der Waals surface area contributed by atoms with Crippen molar-refractivity contribution in [2.45, 2.75) is 0 Å². The molecule has 1 aliphatic rings. The van der Waals surface area contributed by atoms with Crippen molar-refractivity contribution in [1.29, 1.82) is 0 Å². The normalized spacial score (nSPS) is 12.5. The number of benzene rings is 4. The lowest BCUT2D eigenvalue weighted by Gasteiger charge is -2.40. The highest BCUT2D eigenvalue weighted by Crippen LogP contribution is 2.55. The Kier molecular flexibility index (Phi) is 5.52. The molecule has 148 valence electrons. The van der Waals surface area contributed by atoms with E-state index in [1.807, 2.05) is 0 Å². The average molecular weight is 650 g/mol. The fraction of sp³-hybridized carbons (Fsp3) is 0. The molecule has 4 aromatic carbocycles. The van der Waals surface area contributed by atoms with Crippen molar-refractivity contribution in [2.75, 3.05) is 9.80 Å². The van der Waals surface area contributed by atoms with Crippen LogP contribution in [0.2, 0.25) is 0 Å². The number of fused-ring (bicyclic) bond motifs is 2. The molecule has 0 saturated carbocycles. The molecule has 0 radical (unpaired) electrons. The molecule has 0 atom stereocenters. The molecule has 0 aromatic heterocycles. The zero-order valence-corrected chi connectivity index (χ0v) is 21.8. The van der Waals surface area contributed by atoms with Crippen LogP contribution < -0.4 is 9.80 Å². The lowest BCUT2D eigenvalue weighted by molar-refractivity contribution is 1.16. The second-order valence-electron chi connectivity index (χ2n) is 6.89. The van der Waals surface area contributed by atoms with Gasteiger partial charge >= 0.3 is 0 Å². The van der Waals surface area contributed by atoms with E-state index in [1.54, 1.807) is 0 Å². The summed E-state index contributed by atoms with van der Waals surface area (Å²) in [6.45, 7) is 0. The van der Waals surface area contributed by atoms with Gasteiger partial charge in [0.2, 0.25) is 0 Å². The number of hydrogen-bond acceptors (Lipinski definition) is 2. The standard InChI is InChI=1S/C24H14Br4N2/c25-15-1-7-19(8-2-15)29-21-11-5-18(28)14-24(21)30(20-9-3-16(26)4-10-20)22-12-6-17(27)13-23(22)29/h1-14H. The van der Waals surface area contributed by atoms with Crippen LogP contribution in [0.5, 0.6) is 0 Å². The van der Waals surface area contributed by atoms with Crippen LogP contribution in [-0.2, 0) is 0 Å². The minimum Gasteiger partial charge on any atom is -0.306 e. The highest BCUT2D eigenvalue weighted by molar-refractivity contribution is 9.11. The maximum atomic E-state index is 3.67. The van der Waals surface area contributed by atoms with Gasteiger partial charge in [0.1, 0.15) is 0 Å². The molecule has 0 unspecified atom stereocenters. The van der Waals surface area contributed by atoms with E-state index in [4.69, 9.17) is 0 Å². The van der Waals surface area contributed by atoms with Gasteiger partial charge in [0.25, 0.3) is 0 Å². The quantitative estimate of drug-likeness (QED) is 0.188. The SMILES string of the molecule is Brc1ccc(N2c3ccc(Br)cc3N(c3ccc(Br)cc3)c3ccc(Br)cc32)cc1. The molecule has 0 fully saturated rings. The molecule has 2 nitrogen and oxygen atoms in total. The second kappa shape index (κ2) is 8.15. The van der Waals surface area contributed by atoms with E-state index >= 15 is 0 Å². The largest absolute Gasteiger partial charge is 0.306 e. The van der Waals surface area contributed by atoms with E-state index in [0.29, 0.717) is 0 Å². The summed E-state index contributed by atoms with van der Waals surface area (Å²) in [7, 11) is 0. The molecule has 0 spiro atoms. The molecule has 0 amide bonds. The zero-order chi connectivity index (χ0) is 20.8. The van der Waals surface area contributed by atoms with Crippen LogP contribution in [0.1, 0.15) is 0 Å². The van der Waals surface area contributed by atoms with Crippen LogP contribution >= 0.6 is 63.7 Å². The Hall–Kier alpha value is -1.60. The number of rotatable bonds is 2. The maximum absolute atomic E-state index is 3.67. The first kappa shape index (κ1) is 20.3. The average Bonchev–Trinajstić information content (AvgIpc) is 2.74. The minimum atomic E-state index is 1.04. The van der Waals surface area contributed by atoms with E-state index < -0.39 is 0 Å². The van der Waals surface area contributed by atoms with Crippen molar-refractivity contribution in [3.05, 3.63) is 103 Å². The molecular formula is C24H14Br4N2. The number of hydrogen-bond donors (Lipinski definition) is 0. The van der Waals surface area contributed by atoms with Crippen molar-refractivity contribution < 1.29 is 0 Å². The lowest BCUT2D eigenvalue weighted by Crippen LogP contribution is -2.24. The van der Waals surface area contributed by atoms with Gasteiger partial charge < -0.3 is 9.80 Å². The molecule has 0 aliphatic carbocycles. The molecule has 30 heavy (non-hydrogen) atoms. The minimum absolute atomic E-state index is 1.04. The fourth-order valence-corrected chi connectivity index (χ4v) is 4.95. The van der Waals surface area contributed by atoms with E-state index in [0.717, 1.165) is 52.0 Å². The summed E-state index contributed by atoms with van der Waals surface area (Å²) >= 11 is 14.5. The van der Waals surface area contributed by atoms with Crippen LogP contribution in [0.15, 0.2) is 103 Å². The van der Waals surface area contributed by atoms with E-state index in [2.05, 4.69) is 158 Å². The van der Waals surface area contributed by atoms with Gasteiger partial charge in [0.05, 0.1) is 22.7 Å². The topological polar surface area (TPSA) is 6.48 Å². The lowest BCUT2D eigenvalue weighted by atomic mass is 10.0. The van der Waals surface area contributed by atoms with Crippen LogP contribution in [0.25, 0.3) is 0 Å². The van der Waals surface area contributed by atoms with Crippen molar-refractivity contribution in [1.82, 2.24) is 0 Å². The van der Waals surface area contributed by atoms with Crippen LogP contribution in [0.3, 0.4) is 0 Å². The third-order valence-corrected chi connectivity index (χ3v) is 7.05. The fourth-order valence-electron chi connectivity index (χ4n) is 3.73. The van der Waals surface area contributed by atoms with Gasteiger partial charge in [0.15, 0.2) is 0 Å². The summed E-state index contributed by atoms with van der Waals surface area (Å²) in [5, 5.41) is 0. The molecule has 1 heterocycles. The number of anilines is 6. The first-order valence-corrected chi connectivity index (χ1v) is 12.4. The van der Waals surface area contributed by atoms with Crippen molar-refractivity contribution in [3.63, 3.8) is 0 Å². The first-order valence-electron chi connectivity index (χ1n) is 9.22. The van der Waals surface area contributed by atoms with Crippen molar-refractivity contribution in [3.8, 4) is 0 Å². The summed E-state index contributed by atoms with van der Waals surface area (Å²) < 4.78 is 4.20. The van der Waals surface area contributed by atoms with Gasteiger partial charge in [-0.15, -0.1) is 0 Å². The number of halogens is 4. The van der Waals surface area contributed by atoms with Gasteiger partial charge in [-0.3, -0.25) is 0 Å². The van der Waals surface area contributed by atoms with Crippen LogP contribution in [-0.4, -0.2) is 0 Å². The molecule has 4 aromatic rings. The second-order valence-corrected chi connectivity index (χ2v) is 10.6. The highest BCUT2D eigenvalue weighted by atomic mass is 79.9. The molecular weight excluding hydrogens is 636 g/mol. The summed E-state index contributed by atoms with van der Waals surface area (Å²) in [6, 6.07) is 29.7. The Bertz CT molecular complexity index is 1140.